The van der Waals surface area contributed by atoms with Crippen LogP contribution in [-0.4, -0.2) is 25.2 Å². The van der Waals surface area contributed by atoms with E-state index in [9.17, 15) is 0 Å². The first-order valence-electron chi connectivity index (χ1n) is 5.44. The fraction of sp³-hybridized carbons (Fsp3) is 0.385. The van der Waals surface area contributed by atoms with Gasteiger partial charge in [-0.05, 0) is 19.1 Å². The number of aromatic nitrogens is 1. The summed E-state index contributed by atoms with van der Waals surface area (Å²) in [6, 6.07) is 8.59. The standard InChI is InChI=1S/C13H19N2.HI/c1-5-15(3,4)13-10-14(2)12-9-7-6-8-11(12)13;/h6-10H,5H2,1-4H3;1H/q+1;/p-1. The van der Waals surface area contributed by atoms with Crippen molar-refractivity contribution in [2.24, 2.45) is 7.05 Å². The van der Waals surface area contributed by atoms with E-state index in [1.807, 2.05) is 0 Å². The molecule has 88 valence electrons. The Morgan fingerprint density at radius 1 is 1.19 bits per heavy atom. The third-order valence-electron chi connectivity index (χ3n) is 3.32. The summed E-state index contributed by atoms with van der Waals surface area (Å²) in [5.74, 6) is 0. The zero-order valence-corrected chi connectivity index (χ0v) is 12.5. The van der Waals surface area contributed by atoms with E-state index >= 15 is 0 Å². The topological polar surface area (TPSA) is 4.93 Å². The number of fused-ring (bicyclic) bond motifs is 1. The van der Waals surface area contributed by atoms with Crippen molar-refractivity contribution in [3.05, 3.63) is 30.5 Å². The molecular formula is C13H19IN2. The summed E-state index contributed by atoms with van der Waals surface area (Å²) in [7, 11) is 6.62. The van der Waals surface area contributed by atoms with Crippen molar-refractivity contribution in [2.75, 3.05) is 20.6 Å². The van der Waals surface area contributed by atoms with Gasteiger partial charge >= 0.3 is 0 Å². The van der Waals surface area contributed by atoms with Crippen LogP contribution in [0.4, 0.5) is 5.69 Å². The molecular weight excluding hydrogens is 311 g/mol. The Labute approximate surface area is 114 Å². The fourth-order valence-corrected chi connectivity index (χ4v) is 1.97. The summed E-state index contributed by atoms with van der Waals surface area (Å²) >= 11 is 0. The van der Waals surface area contributed by atoms with E-state index in [-0.39, 0.29) is 24.0 Å². The molecule has 0 fully saturated rings. The third-order valence-corrected chi connectivity index (χ3v) is 3.32. The first-order chi connectivity index (χ1) is 7.06. The molecule has 2 nitrogen and oxygen atoms in total. The molecule has 16 heavy (non-hydrogen) atoms. The molecule has 0 saturated heterocycles. The second-order valence-electron chi connectivity index (χ2n) is 4.64. The van der Waals surface area contributed by atoms with Crippen LogP contribution in [0.25, 0.3) is 10.9 Å². The average molecular weight is 330 g/mol. The number of halogens is 1. The Hall–Kier alpha value is -0.550. The second-order valence-corrected chi connectivity index (χ2v) is 4.64. The van der Waals surface area contributed by atoms with Crippen LogP contribution in [0.1, 0.15) is 6.92 Å². The maximum absolute atomic E-state index is 2.25. The highest BCUT2D eigenvalue weighted by atomic mass is 127. The lowest BCUT2D eigenvalue weighted by Gasteiger charge is -2.26. The first-order valence-corrected chi connectivity index (χ1v) is 5.44. The van der Waals surface area contributed by atoms with Gasteiger partial charge in [-0.25, -0.2) is 0 Å². The summed E-state index contributed by atoms with van der Waals surface area (Å²) in [4.78, 5) is 0. The van der Waals surface area contributed by atoms with Crippen LogP contribution in [0, 0.1) is 0 Å². The van der Waals surface area contributed by atoms with Crippen LogP contribution >= 0.6 is 0 Å². The van der Waals surface area contributed by atoms with Crippen molar-refractivity contribution >= 4 is 16.6 Å². The minimum absolute atomic E-state index is 0. The van der Waals surface area contributed by atoms with Crippen molar-refractivity contribution < 1.29 is 24.0 Å². The molecule has 1 aromatic carbocycles. The summed E-state index contributed by atoms with van der Waals surface area (Å²) in [6.45, 7) is 3.33. The number of hydrogen-bond donors (Lipinski definition) is 0. The molecule has 2 aromatic rings. The maximum atomic E-state index is 2.25. The lowest BCUT2D eigenvalue weighted by molar-refractivity contribution is -0.00000330. The van der Waals surface area contributed by atoms with Crippen LogP contribution in [0.5, 0.6) is 0 Å². The molecule has 1 heterocycles. The molecule has 0 N–H and O–H groups in total. The molecule has 0 atom stereocenters. The quantitative estimate of drug-likeness (QED) is 0.530. The molecule has 0 radical (unpaired) electrons. The van der Waals surface area contributed by atoms with Crippen LogP contribution in [-0.2, 0) is 7.05 Å². The van der Waals surface area contributed by atoms with E-state index in [1.54, 1.807) is 0 Å². The van der Waals surface area contributed by atoms with Gasteiger partial charge in [0.05, 0.1) is 37.7 Å². The Morgan fingerprint density at radius 2 is 1.81 bits per heavy atom. The van der Waals surface area contributed by atoms with Crippen LogP contribution in [0.2, 0.25) is 0 Å². The van der Waals surface area contributed by atoms with Gasteiger partial charge in [-0.1, -0.05) is 12.1 Å². The number of benzene rings is 1. The lowest BCUT2D eigenvalue weighted by Crippen LogP contribution is -3.00. The highest BCUT2D eigenvalue weighted by molar-refractivity contribution is 5.92. The van der Waals surface area contributed by atoms with Gasteiger partial charge in [-0.3, -0.25) is 4.48 Å². The maximum Gasteiger partial charge on any atom is 0.158 e. The van der Waals surface area contributed by atoms with Gasteiger partial charge in [0.2, 0.25) is 0 Å². The predicted molar refractivity (Wildman–Crippen MR) is 67.1 cm³/mol. The third kappa shape index (κ3) is 2.11. The highest BCUT2D eigenvalue weighted by Gasteiger charge is 2.21. The van der Waals surface area contributed by atoms with Gasteiger partial charge in [0.25, 0.3) is 0 Å². The largest absolute Gasteiger partial charge is 1.00 e. The molecule has 3 heteroatoms. The molecule has 0 aliphatic carbocycles. The fourth-order valence-electron chi connectivity index (χ4n) is 1.97. The van der Waals surface area contributed by atoms with Crippen LogP contribution in [0.15, 0.2) is 30.5 Å². The minimum atomic E-state index is 0. The molecule has 0 saturated carbocycles. The van der Waals surface area contributed by atoms with E-state index in [1.165, 1.54) is 16.6 Å². The van der Waals surface area contributed by atoms with Gasteiger partial charge in [-0.2, -0.15) is 0 Å². The van der Waals surface area contributed by atoms with E-state index in [4.69, 9.17) is 0 Å². The van der Waals surface area contributed by atoms with E-state index in [0.29, 0.717) is 0 Å². The monoisotopic (exact) mass is 330 g/mol. The molecule has 2 rings (SSSR count). The van der Waals surface area contributed by atoms with Crippen LogP contribution in [0.3, 0.4) is 0 Å². The summed E-state index contributed by atoms with van der Waals surface area (Å²) in [5, 5.41) is 1.37. The zero-order valence-electron chi connectivity index (χ0n) is 10.4. The normalized spacial score (nSPS) is 11.5. The van der Waals surface area contributed by atoms with Crippen molar-refractivity contribution in [3.8, 4) is 0 Å². The number of quaternary nitrogens is 1. The smallest absolute Gasteiger partial charge is 0.158 e. The van der Waals surface area contributed by atoms with Crippen LogP contribution < -0.4 is 28.5 Å². The van der Waals surface area contributed by atoms with Crippen molar-refractivity contribution in [2.45, 2.75) is 6.92 Å². The first kappa shape index (κ1) is 13.5. The second kappa shape index (κ2) is 4.75. The summed E-state index contributed by atoms with van der Waals surface area (Å²) in [5.41, 5.74) is 2.71. The SMILES string of the molecule is CC[N+](C)(C)c1cn(C)c2ccccc12.[I-]. The van der Waals surface area contributed by atoms with Gasteiger partial charge in [0.15, 0.2) is 5.69 Å². The van der Waals surface area contributed by atoms with Gasteiger partial charge in [-0.15, -0.1) is 0 Å². The summed E-state index contributed by atoms with van der Waals surface area (Å²) in [6.07, 6.45) is 2.24. The highest BCUT2D eigenvalue weighted by Crippen LogP contribution is 2.30. The number of hydrogen-bond acceptors (Lipinski definition) is 0. The molecule has 0 bridgehead atoms. The van der Waals surface area contributed by atoms with Crippen molar-refractivity contribution in [3.63, 3.8) is 0 Å². The Balaban J connectivity index is 0.00000128. The number of para-hydroxylation sites is 1. The molecule has 0 spiro atoms. The lowest BCUT2D eigenvalue weighted by atomic mass is 10.2. The van der Waals surface area contributed by atoms with Gasteiger partial charge in [0, 0.05) is 7.05 Å². The van der Waals surface area contributed by atoms with Gasteiger partial charge < -0.3 is 28.5 Å². The Bertz CT molecular complexity index is 486. The average Bonchev–Trinajstić information content (AvgIpc) is 2.58. The molecule has 0 amide bonds. The Morgan fingerprint density at radius 3 is 2.44 bits per heavy atom. The molecule has 1 aromatic heterocycles. The molecule has 0 aliphatic rings. The van der Waals surface area contributed by atoms with E-state index in [0.717, 1.165) is 11.0 Å². The van der Waals surface area contributed by atoms with E-state index < -0.39 is 0 Å². The Kier molecular flexibility index (Phi) is 4.02. The number of aryl methyl sites for hydroxylation is 1. The zero-order chi connectivity index (χ0) is 11.1. The van der Waals surface area contributed by atoms with Gasteiger partial charge in [0.1, 0.15) is 0 Å². The van der Waals surface area contributed by atoms with E-state index in [2.05, 4.69) is 63.1 Å². The predicted octanol–water partition coefficient (Wildman–Crippen LogP) is -0.231. The van der Waals surface area contributed by atoms with Crippen molar-refractivity contribution in [1.82, 2.24) is 9.05 Å². The number of rotatable bonds is 2. The number of nitrogens with zero attached hydrogens (tertiary/aromatic N) is 2. The minimum Gasteiger partial charge on any atom is -1.00 e. The summed E-state index contributed by atoms with van der Waals surface area (Å²) < 4.78 is 3.14. The molecule has 0 aliphatic heterocycles. The molecule has 0 unspecified atom stereocenters. The van der Waals surface area contributed by atoms with Crippen molar-refractivity contribution in [1.29, 1.82) is 0 Å².